The number of carbonyl (C=O) groups is 3. The Balaban J connectivity index is 3.32. The number of ketones is 1. The maximum absolute atomic E-state index is 10.9. The summed E-state index contributed by atoms with van der Waals surface area (Å²) in [5.41, 5.74) is 0. The third-order valence-corrected chi connectivity index (χ3v) is 1.55. The van der Waals surface area contributed by atoms with Gasteiger partial charge in [-0.3, -0.25) is 14.4 Å². The summed E-state index contributed by atoms with van der Waals surface area (Å²) < 4.78 is 0. The van der Waals surface area contributed by atoms with Gasteiger partial charge in [0.05, 0.1) is 6.42 Å². The maximum Gasteiger partial charge on any atom is 0.303 e. The highest BCUT2D eigenvalue weighted by molar-refractivity contribution is 5.96. The monoisotopic (exact) mass is 201 g/mol. The number of rotatable bonds is 7. The van der Waals surface area contributed by atoms with Gasteiger partial charge in [0.1, 0.15) is 5.78 Å². The topological polar surface area (TPSA) is 83.5 Å². The molecule has 2 N–H and O–H groups in total. The summed E-state index contributed by atoms with van der Waals surface area (Å²) >= 11 is 0. The minimum absolute atomic E-state index is 0.0983. The quantitative estimate of drug-likeness (QED) is 0.459. The molecule has 0 aromatic heterocycles. The molecule has 0 fully saturated rings. The fraction of sp³-hybridized carbons (Fsp3) is 0.667. The van der Waals surface area contributed by atoms with Crippen LogP contribution in [-0.4, -0.2) is 29.3 Å². The standard InChI is InChI=1S/C9H15NO4/c1-7(11)6-8(12)10-5-3-2-4-9(13)14/h2-6H2,1H3,(H,10,12)(H,13,14). The van der Waals surface area contributed by atoms with Crippen molar-refractivity contribution < 1.29 is 19.5 Å². The molecule has 0 aliphatic heterocycles. The van der Waals surface area contributed by atoms with E-state index in [1.165, 1.54) is 6.92 Å². The smallest absolute Gasteiger partial charge is 0.303 e. The number of amides is 1. The average Bonchev–Trinajstić information content (AvgIpc) is 2.01. The fourth-order valence-corrected chi connectivity index (χ4v) is 0.918. The van der Waals surface area contributed by atoms with Gasteiger partial charge in [0, 0.05) is 13.0 Å². The number of unbranched alkanes of at least 4 members (excludes halogenated alkanes) is 1. The van der Waals surface area contributed by atoms with Crippen LogP contribution in [-0.2, 0) is 14.4 Å². The predicted octanol–water partition coefficient (Wildman–Crippen LogP) is 0.337. The van der Waals surface area contributed by atoms with E-state index in [1.807, 2.05) is 0 Å². The molecule has 0 radical (unpaired) electrons. The van der Waals surface area contributed by atoms with E-state index in [0.717, 1.165) is 0 Å². The number of Topliss-reactive ketones (excluding diaryl/α,β-unsaturated/α-hetero) is 1. The highest BCUT2D eigenvalue weighted by atomic mass is 16.4. The van der Waals surface area contributed by atoms with Crippen molar-refractivity contribution in [3.8, 4) is 0 Å². The van der Waals surface area contributed by atoms with Crippen LogP contribution >= 0.6 is 0 Å². The van der Waals surface area contributed by atoms with Crippen molar-refractivity contribution in [1.29, 1.82) is 0 Å². The second-order valence-electron chi connectivity index (χ2n) is 3.08. The van der Waals surface area contributed by atoms with Crippen LogP contribution in [0.15, 0.2) is 0 Å². The van der Waals surface area contributed by atoms with Crippen molar-refractivity contribution in [3.05, 3.63) is 0 Å². The summed E-state index contributed by atoms with van der Waals surface area (Å²) in [5.74, 6) is -1.30. The van der Waals surface area contributed by atoms with Crippen LogP contribution in [0.25, 0.3) is 0 Å². The number of nitrogens with one attached hydrogen (secondary N) is 1. The molecule has 0 heterocycles. The SMILES string of the molecule is CC(=O)CC(=O)NCCCCC(=O)O. The summed E-state index contributed by atoms with van der Waals surface area (Å²) in [4.78, 5) is 31.5. The van der Waals surface area contributed by atoms with Crippen LogP contribution in [0.4, 0.5) is 0 Å². The van der Waals surface area contributed by atoms with E-state index in [2.05, 4.69) is 5.32 Å². The number of carbonyl (C=O) groups excluding carboxylic acids is 2. The van der Waals surface area contributed by atoms with Gasteiger partial charge in [0.2, 0.25) is 5.91 Å². The average molecular weight is 201 g/mol. The van der Waals surface area contributed by atoms with E-state index in [9.17, 15) is 14.4 Å². The lowest BCUT2D eigenvalue weighted by Gasteiger charge is -2.02. The number of hydrogen-bond donors (Lipinski definition) is 2. The van der Waals surface area contributed by atoms with Gasteiger partial charge in [-0.2, -0.15) is 0 Å². The van der Waals surface area contributed by atoms with Gasteiger partial charge in [-0.15, -0.1) is 0 Å². The zero-order valence-corrected chi connectivity index (χ0v) is 8.21. The lowest BCUT2D eigenvalue weighted by Crippen LogP contribution is -2.26. The Kier molecular flexibility index (Phi) is 6.36. The molecule has 0 spiro atoms. The van der Waals surface area contributed by atoms with Crippen molar-refractivity contribution in [2.45, 2.75) is 32.6 Å². The lowest BCUT2D eigenvalue weighted by molar-refractivity contribution is -0.137. The van der Waals surface area contributed by atoms with E-state index in [-0.39, 0.29) is 24.5 Å². The van der Waals surface area contributed by atoms with Crippen LogP contribution in [0.1, 0.15) is 32.6 Å². The number of aliphatic carboxylic acids is 1. The van der Waals surface area contributed by atoms with Crippen molar-refractivity contribution in [2.75, 3.05) is 6.54 Å². The van der Waals surface area contributed by atoms with E-state index < -0.39 is 5.97 Å². The van der Waals surface area contributed by atoms with Gasteiger partial charge in [-0.05, 0) is 19.8 Å². The van der Waals surface area contributed by atoms with Crippen LogP contribution in [0.3, 0.4) is 0 Å². The molecule has 0 atom stereocenters. The molecule has 14 heavy (non-hydrogen) atoms. The molecule has 0 unspecified atom stereocenters. The predicted molar refractivity (Wildman–Crippen MR) is 49.8 cm³/mol. The first-order valence-corrected chi connectivity index (χ1v) is 4.50. The van der Waals surface area contributed by atoms with Crippen LogP contribution in [0, 0.1) is 0 Å². The summed E-state index contributed by atoms with van der Waals surface area (Å²) in [6, 6.07) is 0. The zero-order valence-electron chi connectivity index (χ0n) is 8.21. The molecule has 5 nitrogen and oxygen atoms in total. The summed E-state index contributed by atoms with van der Waals surface area (Å²) in [7, 11) is 0. The van der Waals surface area contributed by atoms with E-state index in [1.54, 1.807) is 0 Å². The first-order chi connectivity index (χ1) is 6.52. The number of hydrogen-bond acceptors (Lipinski definition) is 3. The van der Waals surface area contributed by atoms with Gasteiger partial charge >= 0.3 is 5.97 Å². The molecule has 0 aromatic carbocycles. The highest BCUT2D eigenvalue weighted by Crippen LogP contribution is 1.93. The first-order valence-electron chi connectivity index (χ1n) is 4.50. The summed E-state index contributed by atoms with van der Waals surface area (Å²) in [5, 5.41) is 10.8. The Bertz CT molecular complexity index is 225. The second-order valence-corrected chi connectivity index (χ2v) is 3.08. The Labute approximate surface area is 82.5 Å². The second kappa shape index (κ2) is 7.06. The van der Waals surface area contributed by atoms with Crippen LogP contribution in [0.5, 0.6) is 0 Å². The van der Waals surface area contributed by atoms with Crippen molar-refractivity contribution >= 4 is 17.7 Å². The number of carboxylic acid groups (broad SMARTS) is 1. The molecular formula is C9H15NO4. The Hall–Kier alpha value is -1.39. The minimum atomic E-state index is -0.833. The molecule has 1 amide bonds. The first kappa shape index (κ1) is 12.6. The van der Waals surface area contributed by atoms with Crippen LogP contribution in [0.2, 0.25) is 0 Å². The molecule has 80 valence electrons. The Morgan fingerprint density at radius 2 is 1.86 bits per heavy atom. The van der Waals surface area contributed by atoms with Crippen molar-refractivity contribution in [2.24, 2.45) is 0 Å². The third kappa shape index (κ3) is 8.70. The minimum Gasteiger partial charge on any atom is -0.481 e. The molecule has 0 saturated heterocycles. The molecule has 5 heteroatoms. The van der Waals surface area contributed by atoms with E-state index in [0.29, 0.717) is 19.4 Å². The van der Waals surface area contributed by atoms with Crippen LogP contribution < -0.4 is 5.32 Å². The molecule has 0 aliphatic rings. The summed E-state index contributed by atoms with van der Waals surface area (Å²) in [6.45, 7) is 1.78. The van der Waals surface area contributed by atoms with E-state index in [4.69, 9.17) is 5.11 Å². The zero-order chi connectivity index (χ0) is 11.0. The molecular weight excluding hydrogens is 186 g/mol. The molecule has 0 aromatic rings. The Morgan fingerprint density at radius 1 is 1.21 bits per heavy atom. The molecule has 0 bridgehead atoms. The van der Waals surface area contributed by atoms with Gasteiger partial charge < -0.3 is 10.4 Å². The Morgan fingerprint density at radius 3 is 2.36 bits per heavy atom. The van der Waals surface area contributed by atoms with Crippen molar-refractivity contribution in [3.63, 3.8) is 0 Å². The summed E-state index contributed by atoms with van der Waals surface area (Å²) in [6.07, 6.45) is 1.17. The molecule has 0 saturated carbocycles. The normalized spacial score (nSPS) is 9.50. The van der Waals surface area contributed by atoms with Crippen molar-refractivity contribution in [1.82, 2.24) is 5.32 Å². The lowest BCUT2D eigenvalue weighted by atomic mass is 10.2. The van der Waals surface area contributed by atoms with Gasteiger partial charge in [0.25, 0.3) is 0 Å². The van der Waals surface area contributed by atoms with Gasteiger partial charge in [0.15, 0.2) is 0 Å². The molecule has 0 aliphatic carbocycles. The third-order valence-electron chi connectivity index (χ3n) is 1.55. The maximum atomic E-state index is 10.9. The highest BCUT2D eigenvalue weighted by Gasteiger charge is 2.03. The fourth-order valence-electron chi connectivity index (χ4n) is 0.918. The number of carboxylic acids is 1. The largest absolute Gasteiger partial charge is 0.481 e. The van der Waals surface area contributed by atoms with E-state index >= 15 is 0 Å². The van der Waals surface area contributed by atoms with Gasteiger partial charge in [-0.1, -0.05) is 0 Å². The molecule has 0 rings (SSSR count). The van der Waals surface area contributed by atoms with Gasteiger partial charge in [-0.25, -0.2) is 0 Å².